The van der Waals surface area contributed by atoms with Crippen LogP contribution in [0.25, 0.3) is 0 Å². The van der Waals surface area contributed by atoms with Crippen molar-refractivity contribution >= 4 is 17.6 Å². The van der Waals surface area contributed by atoms with Gasteiger partial charge >= 0.3 is 6.61 Å². The quantitative estimate of drug-likeness (QED) is 0.647. The fraction of sp³-hybridized carbons (Fsp3) is 0.500. The van der Waals surface area contributed by atoms with Crippen molar-refractivity contribution in [1.29, 1.82) is 0 Å². The van der Waals surface area contributed by atoms with Crippen molar-refractivity contribution < 1.29 is 13.5 Å². The minimum absolute atomic E-state index is 0.0619. The van der Waals surface area contributed by atoms with E-state index in [0.29, 0.717) is 22.6 Å². The molecule has 1 fully saturated rings. The topological polar surface area (TPSA) is 59.6 Å². The van der Waals surface area contributed by atoms with E-state index in [1.54, 1.807) is 6.07 Å². The lowest BCUT2D eigenvalue weighted by atomic mass is 10.2. The van der Waals surface area contributed by atoms with Gasteiger partial charge in [-0.3, -0.25) is 0 Å². The molecule has 0 amide bonds. The minimum Gasteiger partial charge on any atom is -0.434 e. The summed E-state index contributed by atoms with van der Waals surface area (Å²) in [6.45, 7) is -2.75. The normalized spacial score (nSPS) is 16.5. The molecule has 0 atom stereocenters. The SMILES string of the molecule is NC(=NCc1cc(Cl)ccc1OC(F)F)NC1CCCC1. The van der Waals surface area contributed by atoms with E-state index in [0.717, 1.165) is 12.8 Å². The van der Waals surface area contributed by atoms with Crippen LogP contribution in [-0.2, 0) is 6.54 Å². The number of benzene rings is 1. The number of ether oxygens (including phenoxy) is 1. The monoisotopic (exact) mass is 317 g/mol. The number of rotatable bonds is 5. The lowest BCUT2D eigenvalue weighted by Crippen LogP contribution is -2.38. The molecule has 0 saturated heterocycles. The molecule has 1 aromatic rings. The van der Waals surface area contributed by atoms with Crippen LogP contribution in [-0.4, -0.2) is 18.6 Å². The third-order valence-corrected chi connectivity index (χ3v) is 3.60. The molecule has 0 radical (unpaired) electrons. The molecule has 7 heteroatoms. The minimum atomic E-state index is -2.89. The van der Waals surface area contributed by atoms with Crippen LogP contribution in [0.4, 0.5) is 8.78 Å². The van der Waals surface area contributed by atoms with Gasteiger partial charge in [0.05, 0.1) is 6.54 Å². The van der Waals surface area contributed by atoms with E-state index >= 15 is 0 Å². The van der Waals surface area contributed by atoms with Gasteiger partial charge in [0.15, 0.2) is 5.96 Å². The van der Waals surface area contributed by atoms with Crippen molar-refractivity contribution in [2.75, 3.05) is 0 Å². The fourth-order valence-corrected chi connectivity index (χ4v) is 2.57. The zero-order chi connectivity index (χ0) is 15.2. The van der Waals surface area contributed by atoms with Crippen molar-refractivity contribution in [1.82, 2.24) is 5.32 Å². The van der Waals surface area contributed by atoms with Gasteiger partial charge in [-0.15, -0.1) is 0 Å². The molecular weight excluding hydrogens is 300 g/mol. The number of nitrogens with zero attached hydrogens (tertiary/aromatic N) is 1. The molecule has 21 heavy (non-hydrogen) atoms. The maximum atomic E-state index is 12.3. The van der Waals surface area contributed by atoms with Gasteiger partial charge in [-0.1, -0.05) is 24.4 Å². The Bertz CT molecular complexity index is 505. The van der Waals surface area contributed by atoms with E-state index in [-0.39, 0.29) is 12.3 Å². The molecule has 0 spiro atoms. The highest BCUT2D eigenvalue weighted by Crippen LogP contribution is 2.25. The van der Waals surface area contributed by atoms with Crippen molar-refractivity contribution in [2.45, 2.75) is 44.9 Å². The number of guanidine groups is 1. The van der Waals surface area contributed by atoms with Crippen LogP contribution in [0.3, 0.4) is 0 Å². The lowest BCUT2D eigenvalue weighted by molar-refractivity contribution is -0.0504. The number of nitrogens with two attached hydrogens (primary N) is 1. The molecule has 0 heterocycles. The summed E-state index contributed by atoms with van der Waals surface area (Å²) in [5.74, 6) is 0.372. The summed E-state index contributed by atoms with van der Waals surface area (Å²) in [6.07, 6.45) is 4.53. The van der Waals surface area contributed by atoms with Gasteiger partial charge in [-0.05, 0) is 31.0 Å². The second kappa shape index (κ2) is 7.45. The Hall–Kier alpha value is -1.56. The number of halogens is 3. The van der Waals surface area contributed by atoms with Crippen molar-refractivity contribution in [3.63, 3.8) is 0 Å². The average molecular weight is 318 g/mol. The standard InChI is InChI=1S/C14H18ClF2N3O/c15-10-5-6-12(21-13(16)17)9(7-10)8-19-14(18)20-11-3-1-2-4-11/h5-7,11,13H,1-4,8H2,(H3,18,19,20). The first-order chi connectivity index (χ1) is 10.0. The van der Waals surface area contributed by atoms with Gasteiger partial charge in [0.1, 0.15) is 5.75 Å². The first kappa shape index (κ1) is 15.8. The van der Waals surface area contributed by atoms with E-state index in [4.69, 9.17) is 17.3 Å². The molecule has 2 rings (SSSR count). The molecule has 0 aliphatic heterocycles. The van der Waals surface area contributed by atoms with E-state index in [1.165, 1.54) is 25.0 Å². The highest BCUT2D eigenvalue weighted by molar-refractivity contribution is 6.30. The van der Waals surface area contributed by atoms with E-state index in [1.807, 2.05) is 0 Å². The van der Waals surface area contributed by atoms with Gasteiger partial charge in [0.25, 0.3) is 0 Å². The molecule has 0 unspecified atom stereocenters. The Kier molecular flexibility index (Phi) is 5.61. The Labute approximate surface area is 127 Å². The predicted octanol–water partition coefficient (Wildman–Crippen LogP) is 3.29. The van der Waals surface area contributed by atoms with E-state index in [9.17, 15) is 8.78 Å². The molecule has 4 nitrogen and oxygen atoms in total. The van der Waals surface area contributed by atoms with Gasteiger partial charge in [0, 0.05) is 16.6 Å². The molecule has 116 valence electrons. The molecule has 3 N–H and O–H groups in total. The first-order valence-electron chi connectivity index (χ1n) is 6.84. The Balaban J connectivity index is 2.01. The van der Waals surface area contributed by atoms with Gasteiger partial charge in [-0.25, -0.2) is 4.99 Å². The van der Waals surface area contributed by atoms with Gasteiger partial charge in [-0.2, -0.15) is 8.78 Å². The Morgan fingerprint density at radius 1 is 1.43 bits per heavy atom. The molecular formula is C14H18ClF2N3O. The zero-order valence-corrected chi connectivity index (χ0v) is 12.2. The number of nitrogens with one attached hydrogen (secondary N) is 1. The molecule has 0 aromatic heterocycles. The van der Waals surface area contributed by atoms with Crippen LogP contribution in [0.5, 0.6) is 5.75 Å². The van der Waals surface area contributed by atoms with Gasteiger partial charge < -0.3 is 15.8 Å². The Morgan fingerprint density at radius 3 is 2.81 bits per heavy atom. The molecule has 1 aliphatic carbocycles. The van der Waals surface area contributed by atoms with Crippen LogP contribution >= 0.6 is 11.6 Å². The second-order valence-corrected chi connectivity index (χ2v) is 5.39. The van der Waals surface area contributed by atoms with Crippen molar-refractivity contribution in [3.05, 3.63) is 28.8 Å². The zero-order valence-electron chi connectivity index (χ0n) is 11.5. The largest absolute Gasteiger partial charge is 0.434 e. The third kappa shape index (κ3) is 5.04. The summed E-state index contributed by atoms with van der Waals surface area (Å²) in [4.78, 5) is 4.17. The molecule has 1 aliphatic rings. The molecule has 1 aromatic carbocycles. The van der Waals surface area contributed by atoms with Gasteiger partial charge in [0.2, 0.25) is 0 Å². The second-order valence-electron chi connectivity index (χ2n) is 4.96. The highest BCUT2D eigenvalue weighted by atomic mass is 35.5. The van der Waals surface area contributed by atoms with E-state index < -0.39 is 6.61 Å². The van der Waals surface area contributed by atoms with Crippen LogP contribution < -0.4 is 15.8 Å². The highest BCUT2D eigenvalue weighted by Gasteiger charge is 2.15. The summed E-state index contributed by atoms with van der Waals surface area (Å²) >= 11 is 5.87. The number of alkyl halides is 2. The van der Waals surface area contributed by atoms with Crippen LogP contribution in [0.2, 0.25) is 5.02 Å². The van der Waals surface area contributed by atoms with Crippen LogP contribution in [0, 0.1) is 0 Å². The summed E-state index contributed by atoms with van der Waals surface area (Å²) in [5.41, 5.74) is 6.28. The fourth-order valence-electron chi connectivity index (χ4n) is 2.38. The maximum absolute atomic E-state index is 12.3. The summed E-state index contributed by atoms with van der Waals surface area (Å²) in [5, 5.41) is 3.56. The van der Waals surface area contributed by atoms with Crippen LogP contribution in [0.15, 0.2) is 23.2 Å². The maximum Gasteiger partial charge on any atom is 0.387 e. The first-order valence-corrected chi connectivity index (χ1v) is 7.22. The summed E-state index contributed by atoms with van der Waals surface area (Å²) in [7, 11) is 0. The number of hydrogen-bond donors (Lipinski definition) is 2. The summed E-state index contributed by atoms with van der Waals surface area (Å²) in [6, 6.07) is 4.79. The number of aliphatic imine (C=N–C) groups is 1. The van der Waals surface area contributed by atoms with Crippen molar-refractivity contribution in [2.24, 2.45) is 10.7 Å². The molecule has 1 saturated carbocycles. The average Bonchev–Trinajstić information content (AvgIpc) is 2.91. The Morgan fingerprint density at radius 2 is 2.14 bits per heavy atom. The summed E-state index contributed by atoms with van der Waals surface area (Å²) < 4.78 is 29.1. The van der Waals surface area contributed by atoms with Crippen LogP contribution in [0.1, 0.15) is 31.2 Å². The van der Waals surface area contributed by atoms with E-state index in [2.05, 4.69) is 15.0 Å². The number of hydrogen-bond acceptors (Lipinski definition) is 2. The predicted molar refractivity (Wildman–Crippen MR) is 78.8 cm³/mol. The van der Waals surface area contributed by atoms with Crippen molar-refractivity contribution in [3.8, 4) is 5.75 Å². The lowest BCUT2D eigenvalue weighted by Gasteiger charge is -2.13. The third-order valence-electron chi connectivity index (χ3n) is 3.37. The molecule has 0 bridgehead atoms. The smallest absolute Gasteiger partial charge is 0.387 e.